The average molecular weight is 362 g/mol. The molecule has 0 bridgehead atoms. The van der Waals surface area contributed by atoms with E-state index >= 15 is 0 Å². The van der Waals surface area contributed by atoms with E-state index in [1.54, 1.807) is 29.6 Å². The van der Waals surface area contributed by atoms with Crippen LogP contribution in [0.2, 0.25) is 5.02 Å². The summed E-state index contributed by atoms with van der Waals surface area (Å²) in [6, 6.07) is 10.6. The first-order valence-electron chi connectivity index (χ1n) is 6.95. The number of benzene rings is 1. The fourth-order valence-electron chi connectivity index (χ4n) is 1.88. The minimum atomic E-state index is -0.398. The molecule has 24 heavy (non-hydrogen) atoms. The number of nitrogens with one attached hydrogen (secondary N) is 2. The lowest BCUT2D eigenvalue weighted by Crippen LogP contribution is -2.23. The molecule has 0 saturated carbocycles. The maximum atomic E-state index is 12.0. The number of hydrogen-bond acceptors (Lipinski definition) is 5. The number of halogens is 1. The molecule has 2 aromatic heterocycles. The molecule has 2 N–H and O–H groups in total. The first-order valence-corrected chi connectivity index (χ1v) is 8.20. The van der Waals surface area contributed by atoms with E-state index < -0.39 is 5.91 Å². The summed E-state index contributed by atoms with van der Waals surface area (Å²) in [6.45, 7) is 0.333. The number of carbonyl (C=O) groups is 2. The molecule has 0 fully saturated rings. The zero-order chi connectivity index (χ0) is 16.9. The lowest BCUT2D eigenvalue weighted by atomic mass is 10.2. The van der Waals surface area contributed by atoms with Gasteiger partial charge in [-0.1, -0.05) is 29.8 Å². The van der Waals surface area contributed by atoms with Crippen molar-refractivity contribution in [2.45, 2.75) is 6.54 Å². The van der Waals surface area contributed by atoms with Crippen LogP contribution >= 0.6 is 22.9 Å². The van der Waals surface area contributed by atoms with Gasteiger partial charge in [0.25, 0.3) is 11.8 Å². The zero-order valence-electron chi connectivity index (χ0n) is 12.3. The van der Waals surface area contributed by atoms with Crippen LogP contribution in [0, 0.1) is 0 Å². The fraction of sp³-hybridized carbons (Fsp3) is 0.0625. The van der Waals surface area contributed by atoms with Crippen molar-refractivity contribution >= 4 is 40.8 Å². The molecule has 122 valence electrons. The molecule has 0 atom stereocenters. The van der Waals surface area contributed by atoms with Crippen LogP contribution in [0.5, 0.6) is 0 Å². The largest absolute Gasteiger partial charge is 0.431 e. The second-order valence-corrected chi connectivity index (χ2v) is 6.16. The van der Waals surface area contributed by atoms with Crippen LogP contribution in [0.1, 0.15) is 25.7 Å². The normalized spacial score (nSPS) is 10.4. The second kappa shape index (κ2) is 7.29. The second-order valence-electron chi connectivity index (χ2n) is 4.78. The molecule has 2 amide bonds. The Bertz CT molecular complexity index is 844. The molecule has 0 spiro atoms. The van der Waals surface area contributed by atoms with Gasteiger partial charge in [-0.25, -0.2) is 0 Å². The Labute approximate surface area is 146 Å². The number of anilines is 1. The van der Waals surface area contributed by atoms with Crippen LogP contribution in [0.3, 0.4) is 0 Å². The smallest absolute Gasteiger partial charge is 0.302 e. The predicted octanol–water partition coefficient (Wildman–Crippen LogP) is 3.57. The summed E-state index contributed by atoms with van der Waals surface area (Å²) in [5.74, 6) is -0.731. The lowest BCUT2D eigenvalue weighted by molar-refractivity contribution is 0.0944. The summed E-state index contributed by atoms with van der Waals surface area (Å²) in [5, 5.41) is 7.64. The summed E-state index contributed by atoms with van der Waals surface area (Å²) >= 11 is 7.11. The van der Waals surface area contributed by atoms with Crippen LogP contribution in [-0.4, -0.2) is 16.8 Å². The molecule has 0 aliphatic heterocycles. The minimum Gasteiger partial charge on any atom is -0.431 e. The van der Waals surface area contributed by atoms with Crippen molar-refractivity contribution in [3.63, 3.8) is 0 Å². The van der Waals surface area contributed by atoms with Gasteiger partial charge in [-0.3, -0.25) is 14.9 Å². The van der Waals surface area contributed by atoms with Crippen LogP contribution in [0.4, 0.5) is 6.01 Å². The predicted molar refractivity (Wildman–Crippen MR) is 91.4 cm³/mol. The van der Waals surface area contributed by atoms with Gasteiger partial charge < -0.3 is 9.73 Å². The molecule has 8 heteroatoms. The molecular formula is C16H12ClN3O3S. The maximum absolute atomic E-state index is 12.0. The van der Waals surface area contributed by atoms with Gasteiger partial charge in [0, 0.05) is 11.6 Å². The van der Waals surface area contributed by atoms with Crippen molar-refractivity contribution < 1.29 is 14.0 Å². The summed E-state index contributed by atoms with van der Waals surface area (Å²) in [4.78, 5) is 28.4. The number of nitrogens with zero attached hydrogens (tertiary/aromatic N) is 1. The summed E-state index contributed by atoms with van der Waals surface area (Å²) in [5.41, 5.74) is 0.993. The molecular weight excluding hydrogens is 350 g/mol. The van der Waals surface area contributed by atoms with Gasteiger partial charge in [0.05, 0.1) is 4.88 Å². The molecule has 6 nitrogen and oxygen atoms in total. The van der Waals surface area contributed by atoms with Crippen LogP contribution < -0.4 is 10.6 Å². The number of hydrogen-bond donors (Lipinski definition) is 2. The van der Waals surface area contributed by atoms with Crippen molar-refractivity contribution in [3.8, 4) is 0 Å². The first kappa shape index (κ1) is 16.2. The highest BCUT2D eigenvalue weighted by atomic mass is 35.5. The first-order chi connectivity index (χ1) is 11.6. The summed E-state index contributed by atoms with van der Waals surface area (Å²) in [7, 11) is 0. The maximum Gasteiger partial charge on any atom is 0.302 e. The average Bonchev–Trinajstić information content (AvgIpc) is 3.26. The van der Waals surface area contributed by atoms with Crippen molar-refractivity contribution in [2.24, 2.45) is 0 Å². The highest BCUT2D eigenvalue weighted by molar-refractivity contribution is 7.12. The van der Waals surface area contributed by atoms with Gasteiger partial charge in [0.2, 0.25) is 0 Å². The van der Waals surface area contributed by atoms with E-state index in [2.05, 4.69) is 15.6 Å². The van der Waals surface area contributed by atoms with Crippen LogP contribution in [0.15, 0.2) is 52.5 Å². The van der Waals surface area contributed by atoms with E-state index in [-0.39, 0.29) is 17.6 Å². The molecule has 0 unspecified atom stereocenters. The van der Waals surface area contributed by atoms with Gasteiger partial charge in [-0.05, 0) is 29.1 Å². The van der Waals surface area contributed by atoms with E-state index in [9.17, 15) is 9.59 Å². The van der Waals surface area contributed by atoms with Crippen LogP contribution in [-0.2, 0) is 6.54 Å². The van der Waals surface area contributed by atoms with Gasteiger partial charge >= 0.3 is 6.01 Å². The Morgan fingerprint density at radius 1 is 1.17 bits per heavy atom. The molecule has 3 rings (SSSR count). The third-order valence-corrected chi connectivity index (χ3v) is 4.19. The van der Waals surface area contributed by atoms with Crippen LogP contribution in [0.25, 0.3) is 0 Å². The third kappa shape index (κ3) is 4.01. The van der Waals surface area contributed by atoms with E-state index in [4.69, 9.17) is 16.0 Å². The van der Waals surface area contributed by atoms with Gasteiger partial charge in [0.1, 0.15) is 6.26 Å². The molecule has 0 saturated heterocycles. The monoisotopic (exact) mass is 361 g/mol. The van der Waals surface area contributed by atoms with Crippen molar-refractivity contribution in [3.05, 3.63) is 69.2 Å². The number of aromatic nitrogens is 1. The Morgan fingerprint density at radius 3 is 2.67 bits per heavy atom. The Kier molecular flexibility index (Phi) is 4.93. The Hall–Kier alpha value is -2.64. The van der Waals surface area contributed by atoms with Crippen molar-refractivity contribution in [1.82, 2.24) is 10.3 Å². The Balaban J connectivity index is 1.57. The number of rotatable bonds is 5. The highest BCUT2D eigenvalue weighted by Gasteiger charge is 2.15. The molecule has 0 radical (unpaired) electrons. The minimum absolute atomic E-state index is 0.0231. The highest BCUT2D eigenvalue weighted by Crippen LogP contribution is 2.13. The van der Waals surface area contributed by atoms with E-state index in [0.29, 0.717) is 16.4 Å². The third-order valence-electron chi connectivity index (χ3n) is 3.07. The molecule has 0 aliphatic rings. The van der Waals surface area contributed by atoms with E-state index in [1.807, 2.05) is 12.1 Å². The molecule has 2 heterocycles. The quantitative estimate of drug-likeness (QED) is 0.727. The number of carbonyl (C=O) groups excluding carboxylic acids is 2. The SMILES string of the molecule is O=C(NCc1ccc(Cl)cc1)c1coc(NC(=O)c2cccs2)n1. The summed E-state index contributed by atoms with van der Waals surface area (Å²) < 4.78 is 5.11. The van der Waals surface area contributed by atoms with Gasteiger partial charge in [-0.15, -0.1) is 11.3 Å². The van der Waals surface area contributed by atoms with E-state index in [0.717, 1.165) is 5.56 Å². The topological polar surface area (TPSA) is 84.2 Å². The molecule has 3 aromatic rings. The number of amides is 2. The lowest BCUT2D eigenvalue weighted by Gasteiger charge is -2.03. The van der Waals surface area contributed by atoms with Gasteiger partial charge in [0.15, 0.2) is 5.69 Å². The number of thiophene rings is 1. The zero-order valence-corrected chi connectivity index (χ0v) is 13.9. The van der Waals surface area contributed by atoms with Gasteiger partial charge in [-0.2, -0.15) is 4.98 Å². The number of oxazole rings is 1. The summed E-state index contributed by atoms with van der Waals surface area (Å²) in [6.07, 6.45) is 1.20. The molecule has 1 aromatic carbocycles. The fourth-order valence-corrected chi connectivity index (χ4v) is 2.62. The molecule has 0 aliphatic carbocycles. The standard InChI is InChI=1S/C16H12ClN3O3S/c17-11-5-3-10(4-6-11)8-18-14(21)12-9-23-16(19-12)20-15(22)13-2-1-7-24-13/h1-7,9H,8H2,(H,18,21)(H,19,20,22). The Morgan fingerprint density at radius 2 is 1.96 bits per heavy atom. The van der Waals surface area contributed by atoms with Crippen molar-refractivity contribution in [2.75, 3.05) is 5.32 Å². The van der Waals surface area contributed by atoms with E-state index in [1.165, 1.54) is 17.6 Å². The van der Waals surface area contributed by atoms with Crippen molar-refractivity contribution in [1.29, 1.82) is 0 Å².